The van der Waals surface area contributed by atoms with Gasteiger partial charge in [0.25, 0.3) is 5.91 Å². The van der Waals surface area contributed by atoms with Crippen LogP contribution in [-0.2, 0) is 24.1 Å². The number of nitrogens with zero attached hydrogens (tertiary/aromatic N) is 3. The predicted octanol–water partition coefficient (Wildman–Crippen LogP) is 4.80. The van der Waals surface area contributed by atoms with E-state index < -0.39 is 17.6 Å². The number of carbonyl (C=O) groups excluding carboxylic acids is 2. The van der Waals surface area contributed by atoms with Gasteiger partial charge in [-0.25, -0.2) is 0 Å². The van der Waals surface area contributed by atoms with Crippen LogP contribution in [0, 0.1) is 0 Å². The zero-order valence-electron chi connectivity index (χ0n) is 17.6. The van der Waals surface area contributed by atoms with Crippen molar-refractivity contribution < 1.29 is 22.8 Å². The molecule has 3 rings (SSSR count). The summed E-state index contributed by atoms with van der Waals surface area (Å²) in [5, 5.41) is 14.0. The molecule has 12 heteroatoms. The monoisotopic (exact) mass is 509 g/mol. The third-order valence-corrected chi connectivity index (χ3v) is 5.73. The molecule has 178 valence electrons. The van der Waals surface area contributed by atoms with Gasteiger partial charge in [0.1, 0.15) is 0 Å². The van der Waals surface area contributed by atoms with Crippen LogP contribution in [0.4, 0.5) is 18.9 Å². The summed E-state index contributed by atoms with van der Waals surface area (Å²) < 4.78 is 40.2. The molecule has 0 spiro atoms. The number of benzene rings is 2. The first-order chi connectivity index (χ1) is 16.2. The molecule has 1 heterocycles. The van der Waals surface area contributed by atoms with Crippen molar-refractivity contribution in [1.29, 1.82) is 0 Å². The van der Waals surface area contributed by atoms with E-state index in [0.717, 1.165) is 23.9 Å². The lowest BCUT2D eigenvalue weighted by atomic mass is 10.2. The normalized spacial score (nSPS) is 11.2. The highest BCUT2D eigenvalue weighted by Crippen LogP contribution is 2.30. The lowest BCUT2D eigenvalue weighted by Crippen LogP contribution is -2.25. The summed E-state index contributed by atoms with van der Waals surface area (Å²) in [4.78, 5) is 24.7. The molecule has 7 nitrogen and oxygen atoms in total. The third kappa shape index (κ3) is 6.61. The van der Waals surface area contributed by atoms with Gasteiger partial charge in [-0.1, -0.05) is 47.6 Å². The molecular weight excluding hydrogens is 491 g/mol. The maximum Gasteiger partial charge on any atom is 0.416 e. The van der Waals surface area contributed by atoms with Crippen molar-refractivity contribution in [3.8, 4) is 0 Å². The molecule has 0 saturated heterocycles. The van der Waals surface area contributed by atoms with Gasteiger partial charge in [0.05, 0.1) is 28.4 Å². The van der Waals surface area contributed by atoms with Crippen LogP contribution >= 0.6 is 23.4 Å². The number of amides is 2. The van der Waals surface area contributed by atoms with Gasteiger partial charge >= 0.3 is 6.18 Å². The second-order valence-corrected chi connectivity index (χ2v) is 8.23. The first-order valence-electron chi connectivity index (χ1n) is 9.84. The SMILES string of the molecule is C=CCn1c(CNC(=O)c2ccccc2Cl)nnc1SCC(=O)Nc1cccc(C(F)(F)F)c1. The number of alkyl halides is 3. The quantitative estimate of drug-likeness (QED) is 0.319. The summed E-state index contributed by atoms with van der Waals surface area (Å²) in [6, 6.07) is 11.0. The minimum atomic E-state index is -4.51. The van der Waals surface area contributed by atoms with Crippen molar-refractivity contribution in [1.82, 2.24) is 20.1 Å². The number of carbonyl (C=O) groups is 2. The predicted molar refractivity (Wildman–Crippen MR) is 124 cm³/mol. The van der Waals surface area contributed by atoms with Crippen molar-refractivity contribution in [2.45, 2.75) is 24.4 Å². The smallest absolute Gasteiger partial charge is 0.345 e. The maximum atomic E-state index is 12.8. The van der Waals surface area contributed by atoms with E-state index in [1.807, 2.05) is 0 Å². The number of nitrogens with one attached hydrogen (secondary N) is 2. The number of rotatable bonds is 9. The van der Waals surface area contributed by atoms with Gasteiger partial charge in [0.15, 0.2) is 11.0 Å². The van der Waals surface area contributed by atoms with E-state index in [4.69, 9.17) is 11.6 Å². The molecule has 34 heavy (non-hydrogen) atoms. The Morgan fingerprint density at radius 2 is 1.91 bits per heavy atom. The first-order valence-corrected chi connectivity index (χ1v) is 11.2. The Kier molecular flexibility index (Phi) is 8.35. The molecule has 0 aliphatic heterocycles. The number of thioether (sulfide) groups is 1. The zero-order chi connectivity index (χ0) is 24.7. The van der Waals surface area contributed by atoms with Gasteiger partial charge in [-0.3, -0.25) is 9.59 Å². The van der Waals surface area contributed by atoms with Crippen LogP contribution in [-0.4, -0.2) is 32.3 Å². The van der Waals surface area contributed by atoms with Crippen LogP contribution in [0.5, 0.6) is 0 Å². The molecule has 0 aliphatic carbocycles. The molecule has 0 bridgehead atoms. The molecule has 2 N–H and O–H groups in total. The summed E-state index contributed by atoms with van der Waals surface area (Å²) >= 11 is 7.09. The number of halogens is 4. The van der Waals surface area contributed by atoms with Crippen molar-refractivity contribution in [2.75, 3.05) is 11.1 Å². The molecule has 0 radical (unpaired) electrons. The summed E-state index contributed by atoms with van der Waals surface area (Å²) in [5.41, 5.74) is -0.497. The number of aromatic nitrogens is 3. The highest BCUT2D eigenvalue weighted by atomic mass is 35.5. The fourth-order valence-corrected chi connectivity index (χ4v) is 3.86. The molecule has 0 atom stereocenters. The van der Waals surface area contributed by atoms with E-state index >= 15 is 0 Å². The minimum Gasteiger partial charge on any atom is -0.345 e. The van der Waals surface area contributed by atoms with Crippen molar-refractivity contribution in [3.63, 3.8) is 0 Å². The molecule has 0 fully saturated rings. The lowest BCUT2D eigenvalue weighted by Gasteiger charge is -2.11. The van der Waals surface area contributed by atoms with E-state index in [2.05, 4.69) is 27.4 Å². The van der Waals surface area contributed by atoms with Gasteiger partial charge in [-0.2, -0.15) is 13.2 Å². The molecule has 3 aromatic rings. The van der Waals surface area contributed by atoms with E-state index in [-0.39, 0.29) is 23.9 Å². The first kappa shape index (κ1) is 25.3. The second kappa shape index (κ2) is 11.2. The highest BCUT2D eigenvalue weighted by molar-refractivity contribution is 7.99. The number of hydrogen-bond donors (Lipinski definition) is 2. The van der Waals surface area contributed by atoms with E-state index in [0.29, 0.717) is 28.1 Å². The van der Waals surface area contributed by atoms with Crippen molar-refractivity contribution >= 4 is 40.9 Å². The summed E-state index contributed by atoms with van der Waals surface area (Å²) in [6.07, 6.45) is -2.90. The molecular formula is C22H19ClF3N5O2S. The molecule has 1 aromatic heterocycles. The molecule has 0 unspecified atom stereocenters. The number of anilines is 1. The van der Waals surface area contributed by atoms with Gasteiger partial charge in [-0.15, -0.1) is 16.8 Å². The average Bonchev–Trinajstić information content (AvgIpc) is 3.18. The van der Waals surface area contributed by atoms with Gasteiger partial charge in [-0.05, 0) is 30.3 Å². The number of allylic oxidation sites excluding steroid dienone is 1. The average molecular weight is 510 g/mol. The zero-order valence-corrected chi connectivity index (χ0v) is 19.2. The van der Waals surface area contributed by atoms with Crippen LogP contribution in [0.1, 0.15) is 21.7 Å². The Balaban J connectivity index is 1.62. The van der Waals surface area contributed by atoms with Crippen LogP contribution < -0.4 is 10.6 Å². The summed E-state index contributed by atoms with van der Waals surface area (Å²) in [7, 11) is 0. The molecule has 2 amide bonds. The molecule has 0 aliphatic rings. The Hall–Kier alpha value is -3.31. The summed E-state index contributed by atoms with van der Waals surface area (Å²) in [5.74, 6) is -0.571. The Morgan fingerprint density at radius 3 is 2.62 bits per heavy atom. The fraction of sp³-hybridized carbons (Fsp3) is 0.182. The van der Waals surface area contributed by atoms with Crippen LogP contribution in [0.3, 0.4) is 0 Å². The Bertz CT molecular complexity index is 1200. The van der Waals surface area contributed by atoms with E-state index in [9.17, 15) is 22.8 Å². The largest absolute Gasteiger partial charge is 0.416 e. The lowest BCUT2D eigenvalue weighted by molar-refractivity contribution is -0.137. The number of hydrogen-bond acceptors (Lipinski definition) is 5. The fourth-order valence-electron chi connectivity index (χ4n) is 2.87. The third-order valence-electron chi connectivity index (χ3n) is 4.44. The minimum absolute atomic E-state index is 0.0379. The van der Waals surface area contributed by atoms with Crippen LogP contribution in [0.25, 0.3) is 0 Å². The summed E-state index contributed by atoms with van der Waals surface area (Å²) in [6.45, 7) is 4.07. The van der Waals surface area contributed by atoms with E-state index in [1.165, 1.54) is 12.1 Å². The second-order valence-electron chi connectivity index (χ2n) is 6.88. The Labute approximate surface area is 202 Å². The van der Waals surface area contributed by atoms with Gasteiger partial charge < -0.3 is 15.2 Å². The van der Waals surface area contributed by atoms with Crippen LogP contribution in [0.2, 0.25) is 5.02 Å². The van der Waals surface area contributed by atoms with Crippen LogP contribution in [0.15, 0.2) is 66.3 Å². The molecule has 2 aromatic carbocycles. The topological polar surface area (TPSA) is 88.9 Å². The maximum absolute atomic E-state index is 12.8. The Morgan fingerprint density at radius 1 is 1.15 bits per heavy atom. The highest BCUT2D eigenvalue weighted by Gasteiger charge is 2.30. The van der Waals surface area contributed by atoms with E-state index in [1.54, 1.807) is 34.9 Å². The van der Waals surface area contributed by atoms with Crippen molar-refractivity contribution in [2.24, 2.45) is 0 Å². The standard InChI is InChI=1S/C22H19ClF3N5O2S/c1-2-10-31-18(12-27-20(33)16-8-3-4-9-17(16)23)29-30-21(31)34-13-19(32)28-15-7-5-6-14(11-15)22(24,25)26/h2-9,11H,1,10,12-13H2,(H,27,33)(H,28,32). The molecule has 0 saturated carbocycles. The van der Waals surface area contributed by atoms with Crippen molar-refractivity contribution in [3.05, 3.63) is 83.2 Å². The van der Waals surface area contributed by atoms with Gasteiger partial charge in [0.2, 0.25) is 5.91 Å². The van der Waals surface area contributed by atoms with Gasteiger partial charge in [0, 0.05) is 12.2 Å².